The summed E-state index contributed by atoms with van der Waals surface area (Å²) in [5, 5.41) is -0.285. The second-order valence-electron chi connectivity index (χ2n) is 1.60. The molecular formula is C5H9O2S-. The van der Waals surface area contributed by atoms with Gasteiger partial charge in [0.25, 0.3) is 0 Å². The highest BCUT2D eigenvalue weighted by Crippen LogP contribution is 1.97. The molecule has 0 aliphatic carbocycles. The highest BCUT2D eigenvalue weighted by atomic mass is 32.2. The molecule has 0 aromatic rings. The van der Waals surface area contributed by atoms with E-state index in [2.05, 4.69) is 6.58 Å². The van der Waals surface area contributed by atoms with Crippen molar-refractivity contribution in [2.24, 2.45) is 0 Å². The van der Waals surface area contributed by atoms with E-state index in [0.717, 1.165) is 0 Å². The second kappa shape index (κ2) is 3.80. The van der Waals surface area contributed by atoms with Crippen molar-refractivity contribution >= 4 is 11.1 Å². The molecule has 0 heterocycles. The fraction of sp³-hybridized carbons (Fsp3) is 0.600. The zero-order valence-electron chi connectivity index (χ0n) is 4.79. The molecule has 48 valence electrons. The SMILES string of the molecule is C=CCC(C)S(=O)[O-]. The molecule has 2 nitrogen and oxygen atoms in total. The van der Waals surface area contributed by atoms with Crippen LogP contribution < -0.4 is 0 Å². The van der Waals surface area contributed by atoms with Gasteiger partial charge in [-0.25, -0.2) is 0 Å². The van der Waals surface area contributed by atoms with Gasteiger partial charge in [0.1, 0.15) is 0 Å². The van der Waals surface area contributed by atoms with Gasteiger partial charge in [-0.2, -0.15) is 0 Å². The molecular weight excluding hydrogens is 124 g/mol. The van der Waals surface area contributed by atoms with E-state index in [9.17, 15) is 8.76 Å². The maximum absolute atomic E-state index is 10.0. The van der Waals surface area contributed by atoms with Gasteiger partial charge in [0, 0.05) is 5.25 Å². The second-order valence-corrected chi connectivity index (χ2v) is 2.92. The van der Waals surface area contributed by atoms with Crippen molar-refractivity contribution in [3.8, 4) is 0 Å². The lowest BCUT2D eigenvalue weighted by Crippen LogP contribution is -2.07. The van der Waals surface area contributed by atoms with Crippen LogP contribution in [0.25, 0.3) is 0 Å². The normalized spacial score (nSPS) is 17.2. The first-order valence-electron chi connectivity index (χ1n) is 2.37. The quantitative estimate of drug-likeness (QED) is 0.422. The van der Waals surface area contributed by atoms with Crippen LogP contribution in [0.1, 0.15) is 13.3 Å². The average molecular weight is 133 g/mol. The van der Waals surface area contributed by atoms with E-state index in [1.165, 1.54) is 0 Å². The van der Waals surface area contributed by atoms with Crippen molar-refractivity contribution < 1.29 is 8.76 Å². The molecule has 0 amide bonds. The van der Waals surface area contributed by atoms with Gasteiger partial charge >= 0.3 is 0 Å². The Bertz CT molecular complexity index is 101. The Hall–Kier alpha value is -0.150. The van der Waals surface area contributed by atoms with Gasteiger partial charge in [0.2, 0.25) is 0 Å². The monoisotopic (exact) mass is 133 g/mol. The van der Waals surface area contributed by atoms with E-state index in [-0.39, 0.29) is 5.25 Å². The summed E-state index contributed by atoms with van der Waals surface area (Å²) in [6.07, 6.45) is 2.14. The topological polar surface area (TPSA) is 40.1 Å². The lowest BCUT2D eigenvalue weighted by Gasteiger charge is -2.10. The molecule has 0 fully saturated rings. The van der Waals surface area contributed by atoms with Crippen molar-refractivity contribution in [2.75, 3.05) is 0 Å². The van der Waals surface area contributed by atoms with Gasteiger partial charge < -0.3 is 4.55 Å². The Balaban J connectivity index is 3.46. The minimum absolute atomic E-state index is 0.285. The lowest BCUT2D eigenvalue weighted by molar-refractivity contribution is 0.525. The molecule has 0 saturated carbocycles. The highest BCUT2D eigenvalue weighted by Gasteiger charge is 1.95. The Morgan fingerprint density at radius 3 is 2.62 bits per heavy atom. The van der Waals surface area contributed by atoms with Crippen LogP contribution in [0, 0.1) is 0 Å². The largest absolute Gasteiger partial charge is 0.772 e. The lowest BCUT2D eigenvalue weighted by atomic mass is 10.3. The summed E-state index contributed by atoms with van der Waals surface area (Å²) in [6, 6.07) is 0. The summed E-state index contributed by atoms with van der Waals surface area (Å²) in [6.45, 7) is 5.05. The standard InChI is InChI=1S/C5H10O2S/c1-3-4-5(2)8(6)7/h3,5H,1,4H2,2H3,(H,6,7)/p-1. The van der Waals surface area contributed by atoms with Gasteiger partial charge in [0.15, 0.2) is 0 Å². The molecule has 2 atom stereocenters. The van der Waals surface area contributed by atoms with Crippen LogP contribution in [0.5, 0.6) is 0 Å². The fourth-order valence-electron chi connectivity index (χ4n) is 0.313. The third-order valence-corrected chi connectivity index (χ3v) is 1.68. The first kappa shape index (κ1) is 7.85. The summed E-state index contributed by atoms with van der Waals surface area (Å²) in [7, 11) is 0. The zero-order valence-corrected chi connectivity index (χ0v) is 5.61. The molecule has 0 rings (SSSR count). The number of hydrogen-bond acceptors (Lipinski definition) is 2. The molecule has 0 saturated heterocycles. The number of hydrogen-bond donors (Lipinski definition) is 0. The molecule has 8 heavy (non-hydrogen) atoms. The Kier molecular flexibility index (Phi) is 3.73. The smallest absolute Gasteiger partial charge is 0.0221 e. The summed E-state index contributed by atoms with van der Waals surface area (Å²) in [5.74, 6) is 0. The third-order valence-electron chi connectivity index (χ3n) is 0.827. The molecule has 0 radical (unpaired) electrons. The van der Waals surface area contributed by atoms with E-state index < -0.39 is 11.1 Å². The summed E-state index contributed by atoms with van der Waals surface area (Å²) in [5.41, 5.74) is 0. The van der Waals surface area contributed by atoms with E-state index in [4.69, 9.17) is 0 Å². The van der Waals surface area contributed by atoms with Crippen molar-refractivity contribution in [1.29, 1.82) is 0 Å². The summed E-state index contributed by atoms with van der Waals surface area (Å²) < 4.78 is 20.1. The van der Waals surface area contributed by atoms with Crippen LogP contribution in [0.15, 0.2) is 12.7 Å². The van der Waals surface area contributed by atoms with Crippen molar-refractivity contribution in [3.05, 3.63) is 12.7 Å². The zero-order chi connectivity index (χ0) is 6.57. The predicted molar refractivity (Wildman–Crippen MR) is 33.2 cm³/mol. The molecule has 0 spiro atoms. The molecule has 0 aromatic heterocycles. The van der Waals surface area contributed by atoms with E-state index in [1.807, 2.05) is 0 Å². The Morgan fingerprint density at radius 2 is 2.50 bits per heavy atom. The van der Waals surface area contributed by atoms with Crippen LogP contribution in [-0.2, 0) is 11.1 Å². The van der Waals surface area contributed by atoms with Crippen LogP contribution >= 0.6 is 0 Å². The van der Waals surface area contributed by atoms with Crippen molar-refractivity contribution in [3.63, 3.8) is 0 Å². The third kappa shape index (κ3) is 2.93. The Labute approximate surface area is 51.9 Å². The maximum atomic E-state index is 10.0. The van der Waals surface area contributed by atoms with Gasteiger partial charge in [0.05, 0.1) is 0 Å². The molecule has 0 aliphatic heterocycles. The number of allylic oxidation sites excluding steroid dienone is 1. The molecule has 0 aromatic carbocycles. The van der Waals surface area contributed by atoms with Crippen molar-refractivity contribution in [1.82, 2.24) is 0 Å². The number of rotatable bonds is 3. The van der Waals surface area contributed by atoms with E-state index in [1.54, 1.807) is 13.0 Å². The first-order valence-corrected chi connectivity index (χ1v) is 3.51. The van der Waals surface area contributed by atoms with Gasteiger partial charge in [-0.15, -0.1) is 6.58 Å². The minimum Gasteiger partial charge on any atom is -0.772 e. The summed E-state index contributed by atoms with van der Waals surface area (Å²) in [4.78, 5) is 0. The van der Waals surface area contributed by atoms with Crippen LogP contribution in [0.4, 0.5) is 0 Å². The van der Waals surface area contributed by atoms with Gasteiger partial charge in [-0.1, -0.05) is 24.1 Å². The van der Waals surface area contributed by atoms with Crippen LogP contribution in [0.3, 0.4) is 0 Å². The minimum atomic E-state index is -1.93. The molecule has 2 unspecified atom stereocenters. The molecule has 0 N–H and O–H groups in total. The van der Waals surface area contributed by atoms with Crippen LogP contribution in [-0.4, -0.2) is 14.0 Å². The fourth-order valence-corrected chi connectivity index (χ4v) is 0.606. The molecule has 0 aliphatic rings. The molecule has 3 heteroatoms. The predicted octanol–water partition coefficient (Wildman–Crippen LogP) is 0.830. The van der Waals surface area contributed by atoms with E-state index in [0.29, 0.717) is 6.42 Å². The van der Waals surface area contributed by atoms with Gasteiger partial charge in [-0.05, 0) is 6.42 Å². The first-order chi connectivity index (χ1) is 3.68. The average Bonchev–Trinajstić information content (AvgIpc) is 1.67. The Morgan fingerprint density at radius 1 is 2.00 bits per heavy atom. The highest BCUT2D eigenvalue weighted by molar-refractivity contribution is 7.79. The maximum Gasteiger partial charge on any atom is 0.0221 e. The van der Waals surface area contributed by atoms with Crippen LogP contribution in [0.2, 0.25) is 0 Å². The van der Waals surface area contributed by atoms with Gasteiger partial charge in [-0.3, -0.25) is 4.21 Å². The van der Waals surface area contributed by atoms with E-state index >= 15 is 0 Å². The molecule has 0 bridgehead atoms. The summed E-state index contributed by atoms with van der Waals surface area (Å²) >= 11 is -1.93. The van der Waals surface area contributed by atoms with Crippen molar-refractivity contribution in [2.45, 2.75) is 18.6 Å².